The molecule has 0 fully saturated rings. The van der Waals surface area contributed by atoms with Crippen LogP contribution in [0.1, 0.15) is 13.3 Å². The maximum atomic E-state index is 11.1. The van der Waals surface area contributed by atoms with Crippen LogP contribution >= 0.6 is 35.7 Å². The molecule has 0 atom stereocenters. The van der Waals surface area contributed by atoms with Crippen molar-refractivity contribution in [2.24, 2.45) is 4.99 Å². The summed E-state index contributed by atoms with van der Waals surface area (Å²) in [5.74, 6) is 1.86. The van der Waals surface area contributed by atoms with E-state index in [0.717, 1.165) is 24.8 Å². The van der Waals surface area contributed by atoms with Crippen molar-refractivity contribution in [2.75, 3.05) is 37.4 Å². The van der Waals surface area contributed by atoms with Crippen LogP contribution in [0.5, 0.6) is 0 Å². The number of nitrogens with one attached hydrogen (secondary N) is 2. The molecule has 23 heavy (non-hydrogen) atoms. The van der Waals surface area contributed by atoms with Gasteiger partial charge in [0.2, 0.25) is 0 Å². The molecule has 0 unspecified atom stereocenters. The minimum Gasteiger partial charge on any atom is -0.357 e. The highest BCUT2D eigenvalue weighted by atomic mass is 127. The minimum atomic E-state index is -2.90. The van der Waals surface area contributed by atoms with E-state index in [-0.39, 0.29) is 29.7 Å². The van der Waals surface area contributed by atoms with Crippen LogP contribution in [0, 0.1) is 0 Å². The lowest BCUT2D eigenvalue weighted by Crippen LogP contribution is -2.38. The summed E-state index contributed by atoms with van der Waals surface area (Å²) in [5.41, 5.74) is 0. The van der Waals surface area contributed by atoms with Gasteiger partial charge in [0.25, 0.3) is 0 Å². The zero-order valence-corrected chi connectivity index (χ0v) is 17.6. The first-order valence-electron chi connectivity index (χ1n) is 7.39. The lowest BCUT2D eigenvalue weighted by molar-refractivity contribution is 0.599. The number of hydrogen-bond acceptors (Lipinski definition) is 4. The molecule has 0 saturated carbocycles. The molecule has 0 saturated heterocycles. The Morgan fingerprint density at radius 3 is 2.52 bits per heavy atom. The highest BCUT2D eigenvalue weighted by Crippen LogP contribution is 2.15. The predicted octanol–water partition coefficient (Wildman–Crippen LogP) is 2.39. The molecule has 0 bridgehead atoms. The van der Waals surface area contributed by atoms with Crippen LogP contribution < -0.4 is 10.6 Å². The highest BCUT2D eigenvalue weighted by molar-refractivity contribution is 14.0. The zero-order chi connectivity index (χ0) is 16.3. The van der Waals surface area contributed by atoms with Gasteiger partial charge in [0.05, 0.1) is 5.75 Å². The Labute approximate surface area is 161 Å². The van der Waals surface area contributed by atoms with Crippen LogP contribution in [0.2, 0.25) is 0 Å². The average molecular weight is 471 g/mol. The maximum Gasteiger partial charge on any atom is 0.191 e. The maximum absolute atomic E-state index is 11.1. The largest absolute Gasteiger partial charge is 0.357 e. The van der Waals surface area contributed by atoms with Gasteiger partial charge in [0, 0.05) is 36.5 Å². The Morgan fingerprint density at radius 1 is 1.22 bits per heavy atom. The van der Waals surface area contributed by atoms with Gasteiger partial charge in [-0.15, -0.1) is 35.7 Å². The summed E-state index contributed by atoms with van der Waals surface area (Å²) >= 11 is 1.79. The van der Waals surface area contributed by atoms with Crippen molar-refractivity contribution in [1.82, 2.24) is 10.6 Å². The molecule has 0 aromatic heterocycles. The summed E-state index contributed by atoms with van der Waals surface area (Å²) in [6.45, 7) is 4.10. The number of aliphatic imine (C=N–C) groups is 1. The van der Waals surface area contributed by atoms with Gasteiger partial charge in [-0.1, -0.05) is 18.2 Å². The van der Waals surface area contributed by atoms with Crippen molar-refractivity contribution in [3.8, 4) is 0 Å². The van der Waals surface area contributed by atoms with E-state index in [9.17, 15) is 8.42 Å². The third-order valence-electron chi connectivity index (χ3n) is 2.69. The molecule has 1 aromatic carbocycles. The minimum absolute atomic E-state index is 0. The Hall–Kier alpha value is -0.480. The third kappa shape index (κ3) is 12.6. The number of rotatable bonds is 9. The van der Waals surface area contributed by atoms with Crippen molar-refractivity contribution < 1.29 is 8.42 Å². The molecule has 0 aliphatic rings. The van der Waals surface area contributed by atoms with Crippen LogP contribution in [0.25, 0.3) is 0 Å². The van der Waals surface area contributed by atoms with E-state index in [4.69, 9.17) is 0 Å². The van der Waals surface area contributed by atoms with Crippen LogP contribution in [0.4, 0.5) is 0 Å². The zero-order valence-electron chi connectivity index (χ0n) is 13.6. The monoisotopic (exact) mass is 471 g/mol. The molecule has 0 aliphatic heterocycles. The molecule has 1 aromatic rings. The first kappa shape index (κ1) is 22.5. The van der Waals surface area contributed by atoms with Crippen LogP contribution in [-0.4, -0.2) is 51.8 Å². The summed E-state index contributed by atoms with van der Waals surface area (Å²) < 4.78 is 22.1. The summed E-state index contributed by atoms with van der Waals surface area (Å²) in [6, 6.07) is 10.3. The van der Waals surface area contributed by atoms with Crippen LogP contribution in [-0.2, 0) is 9.84 Å². The SMILES string of the molecule is CCNC(=NCCCS(C)(=O)=O)NCCSc1ccccc1.I. The molecular formula is C15H26IN3O2S2. The van der Waals surface area contributed by atoms with Crippen molar-refractivity contribution in [3.05, 3.63) is 30.3 Å². The van der Waals surface area contributed by atoms with Crippen molar-refractivity contribution in [2.45, 2.75) is 18.2 Å². The van der Waals surface area contributed by atoms with E-state index in [1.807, 2.05) is 25.1 Å². The lowest BCUT2D eigenvalue weighted by atomic mass is 10.4. The molecule has 0 radical (unpaired) electrons. The van der Waals surface area contributed by atoms with E-state index in [1.54, 1.807) is 11.8 Å². The second-order valence-corrected chi connectivity index (χ2v) is 8.26. The van der Waals surface area contributed by atoms with Crippen molar-refractivity contribution in [1.29, 1.82) is 0 Å². The number of benzene rings is 1. The Kier molecular flexibility index (Phi) is 12.6. The van der Waals surface area contributed by atoms with Gasteiger partial charge in [-0.2, -0.15) is 0 Å². The third-order valence-corrected chi connectivity index (χ3v) is 4.74. The molecule has 0 aliphatic carbocycles. The second kappa shape index (κ2) is 12.9. The van der Waals surface area contributed by atoms with Gasteiger partial charge < -0.3 is 10.6 Å². The van der Waals surface area contributed by atoms with Gasteiger partial charge in [0.1, 0.15) is 9.84 Å². The number of thioether (sulfide) groups is 1. The lowest BCUT2D eigenvalue weighted by Gasteiger charge is -2.11. The summed E-state index contributed by atoms with van der Waals surface area (Å²) in [6.07, 6.45) is 1.80. The van der Waals surface area contributed by atoms with E-state index in [1.165, 1.54) is 11.2 Å². The summed E-state index contributed by atoms with van der Waals surface area (Å²) in [7, 11) is -2.90. The first-order chi connectivity index (χ1) is 10.5. The molecule has 5 nitrogen and oxygen atoms in total. The Balaban J connectivity index is 0.00000484. The first-order valence-corrected chi connectivity index (χ1v) is 10.4. The molecule has 132 valence electrons. The number of sulfone groups is 1. The Bertz CT molecular complexity index is 551. The van der Waals surface area contributed by atoms with Gasteiger partial charge in [0.15, 0.2) is 5.96 Å². The van der Waals surface area contributed by atoms with Gasteiger partial charge in [-0.25, -0.2) is 8.42 Å². The quantitative estimate of drug-likeness (QED) is 0.190. The fraction of sp³-hybridized carbons (Fsp3) is 0.533. The Morgan fingerprint density at radius 2 is 1.91 bits per heavy atom. The van der Waals surface area contributed by atoms with Gasteiger partial charge in [-0.3, -0.25) is 4.99 Å². The van der Waals surface area contributed by atoms with Gasteiger partial charge in [-0.05, 0) is 25.5 Å². The highest BCUT2D eigenvalue weighted by Gasteiger charge is 2.01. The molecule has 0 heterocycles. The van der Waals surface area contributed by atoms with Gasteiger partial charge >= 0.3 is 0 Å². The molecule has 0 spiro atoms. The van der Waals surface area contributed by atoms with E-state index < -0.39 is 9.84 Å². The number of nitrogens with zero attached hydrogens (tertiary/aromatic N) is 1. The topological polar surface area (TPSA) is 70.6 Å². The average Bonchev–Trinajstić information content (AvgIpc) is 2.48. The molecule has 8 heteroatoms. The van der Waals surface area contributed by atoms with Crippen molar-refractivity contribution in [3.63, 3.8) is 0 Å². The number of halogens is 1. The van der Waals surface area contributed by atoms with E-state index in [0.29, 0.717) is 13.0 Å². The van der Waals surface area contributed by atoms with E-state index in [2.05, 4.69) is 27.8 Å². The molecular weight excluding hydrogens is 445 g/mol. The number of hydrogen-bond donors (Lipinski definition) is 2. The molecule has 0 amide bonds. The van der Waals surface area contributed by atoms with Crippen LogP contribution in [0.3, 0.4) is 0 Å². The number of guanidine groups is 1. The fourth-order valence-electron chi connectivity index (χ4n) is 1.71. The van der Waals surface area contributed by atoms with Crippen LogP contribution in [0.15, 0.2) is 40.2 Å². The smallest absolute Gasteiger partial charge is 0.191 e. The van der Waals surface area contributed by atoms with Crippen molar-refractivity contribution >= 4 is 51.5 Å². The molecule has 1 rings (SSSR count). The second-order valence-electron chi connectivity index (χ2n) is 4.83. The van der Waals surface area contributed by atoms with E-state index >= 15 is 0 Å². The predicted molar refractivity (Wildman–Crippen MR) is 111 cm³/mol. The summed E-state index contributed by atoms with van der Waals surface area (Å²) in [5, 5.41) is 6.42. The fourth-order valence-corrected chi connectivity index (χ4v) is 3.16. The normalized spacial score (nSPS) is 11.7. The standard InChI is InChI=1S/C15H25N3O2S2.HI/c1-3-16-15(17-10-7-13-22(2,19)20)18-11-12-21-14-8-5-4-6-9-14;/h4-6,8-9H,3,7,10-13H2,1-2H3,(H2,16,17,18);1H. The summed E-state index contributed by atoms with van der Waals surface area (Å²) in [4.78, 5) is 5.63. The molecule has 2 N–H and O–H groups in total.